The first-order chi connectivity index (χ1) is 18.3. The summed E-state index contributed by atoms with van der Waals surface area (Å²) in [6.07, 6.45) is 33.8. The van der Waals surface area contributed by atoms with Gasteiger partial charge in [0.2, 0.25) is 0 Å². The van der Waals surface area contributed by atoms with Gasteiger partial charge in [0, 0.05) is 13.2 Å². The van der Waals surface area contributed by atoms with Gasteiger partial charge in [0.05, 0.1) is 0 Å². The number of phosphoric acid groups is 1. The largest absolute Gasteiger partial charge is 1.00 e. The molecule has 0 heterocycles. The molecule has 0 saturated carbocycles. The average Bonchev–Trinajstić information content (AvgIpc) is 2.86. The van der Waals surface area contributed by atoms with Gasteiger partial charge in [-0.15, -0.1) is 0 Å². The van der Waals surface area contributed by atoms with Crippen molar-refractivity contribution in [1.82, 2.24) is 0 Å². The second kappa shape index (κ2) is 35.3. The molecule has 7 heteroatoms. The molecular formula is C32H70NaO5P. The minimum atomic E-state index is -4.64. The van der Waals surface area contributed by atoms with Gasteiger partial charge in [-0.25, -0.2) is 4.57 Å². The summed E-state index contributed by atoms with van der Waals surface area (Å²) in [6, 6.07) is 0. The maximum Gasteiger partial charge on any atom is 1.00 e. The van der Waals surface area contributed by atoms with Crippen molar-refractivity contribution in [1.29, 1.82) is 0 Å². The van der Waals surface area contributed by atoms with Crippen LogP contribution in [-0.4, -0.2) is 27.9 Å². The van der Waals surface area contributed by atoms with Gasteiger partial charge in [0.15, 0.2) is 0 Å². The fraction of sp³-hybridized carbons (Fsp3) is 1.00. The van der Waals surface area contributed by atoms with Crippen LogP contribution in [0.5, 0.6) is 0 Å². The second-order valence-corrected chi connectivity index (χ2v) is 12.6. The molecule has 0 aliphatic carbocycles. The molecule has 0 aromatic heterocycles. The third-order valence-electron chi connectivity index (χ3n) is 7.57. The van der Waals surface area contributed by atoms with E-state index in [1.165, 1.54) is 154 Å². The summed E-state index contributed by atoms with van der Waals surface area (Å²) in [4.78, 5) is 21.6. The second-order valence-electron chi connectivity index (χ2n) is 11.6. The number of unbranched alkanes of at least 4 members (excludes halogenated alkanes) is 16. The number of rotatable bonds is 28. The van der Waals surface area contributed by atoms with E-state index in [-0.39, 0.29) is 31.0 Å². The summed E-state index contributed by atoms with van der Waals surface area (Å²) in [5.74, 6) is 1.62. The maximum absolute atomic E-state index is 8.88. The molecule has 3 N–H and O–H groups in total. The molecule has 0 amide bonds. The molecule has 0 aliphatic heterocycles. The van der Waals surface area contributed by atoms with Crippen molar-refractivity contribution in [3.63, 3.8) is 0 Å². The molecule has 0 saturated heterocycles. The van der Waals surface area contributed by atoms with E-state index in [0.29, 0.717) is 0 Å². The fourth-order valence-electron chi connectivity index (χ4n) is 5.17. The standard InChI is InChI=1S/C32H66O.Na.H3O4P.H/c1-5-9-13-17-19-23-27-31(25-21-15-11-7-3)29-33-30-32(26-22-16-12-8-4)28-24-20-18-14-10-6-2;;1-5(2,3)4;/h31-32H,5-30H2,1-4H3;;(H3,1,2,3,4);/q;+1;;-1. The Bertz CT molecular complexity index is 456. The zero-order chi connectivity index (χ0) is 28.7. The molecule has 0 aromatic rings. The topological polar surface area (TPSA) is 87.0 Å². The Kier molecular flexibility index (Phi) is 40.3. The van der Waals surface area contributed by atoms with Crippen LogP contribution < -0.4 is 29.6 Å². The van der Waals surface area contributed by atoms with Crippen LogP contribution in [0.25, 0.3) is 0 Å². The molecule has 0 radical (unpaired) electrons. The van der Waals surface area contributed by atoms with Crippen LogP contribution >= 0.6 is 7.82 Å². The van der Waals surface area contributed by atoms with Crippen LogP contribution in [0.15, 0.2) is 0 Å². The van der Waals surface area contributed by atoms with Crippen molar-refractivity contribution in [3.8, 4) is 0 Å². The van der Waals surface area contributed by atoms with Crippen LogP contribution in [0.2, 0.25) is 0 Å². The van der Waals surface area contributed by atoms with Crippen LogP contribution in [0, 0.1) is 11.8 Å². The van der Waals surface area contributed by atoms with Crippen molar-refractivity contribution >= 4 is 7.82 Å². The molecule has 0 aromatic carbocycles. The molecule has 0 aliphatic rings. The van der Waals surface area contributed by atoms with Gasteiger partial charge in [-0.1, -0.05) is 156 Å². The van der Waals surface area contributed by atoms with Gasteiger partial charge in [0.1, 0.15) is 0 Å². The van der Waals surface area contributed by atoms with Crippen LogP contribution in [0.1, 0.15) is 183 Å². The third kappa shape index (κ3) is 43.7. The zero-order valence-corrected chi connectivity index (χ0v) is 30.0. The van der Waals surface area contributed by atoms with Crippen molar-refractivity contribution < 1.29 is 55.0 Å². The van der Waals surface area contributed by atoms with Crippen molar-refractivity contribution in [2.75, 3.05) is 13.2 Å². The Morgan fingerprint density at radius 1 is 0.487 bits per heavy atom. The molecule has 0 bridgehead atoms. The molecule has 5 nitrogen and oxygen atoms in total. The van der Waals surface area contributed by atoms with E-state index in [2.05, 4.69) is 27.7 Å². The van der Waals surface area contributed by atoms with Gasteiger partial charge in [-0.3, -0.25) is 0 Å². The van der Waals surface area contributed by atoms with Gasteiger partial charge in [0.25, 0.3) is 0 Å². The first kappa shape index (κ1) is 44.5. The zero-order valence-electron chi connectivity index (χ0n) is 28.1. The first-order valence-corrected chi connectivity index (χ1v) is 18.2. The van der Waals surface area contributed by atoms with E-state index < -0.39 is 7.82 Å². The van der Waals surface area contributed by atoms with E-state index in [1.807, 2.05) is 0 Å². The quantitative estimate of drug-likeness (QED) is 0.0492. The number of hydrogen-bond acceptors (Lipinski definition) is 2. The minimum absolute atomic E-state index is 0. The smallest absolute Gasteiger partial charge is 1.00 e. The van der Waals surface area contributed by atoms with E-state index in [9.17, 15) is 0 Å². The van der Waals surface area contributed by atoms with Crippen LogP contribution in [0.3, 0.4) is 0 Å². The molecule has 39 heavy (non-hydrogen) atoms. The van der Waals surface area contributed by atoms with Gasteiger partial charge >= 0.3 is 37.4 Å². The number of hydrogen-bond donors (Lipinski definition) is 3. The summed E-state index contributed by atoms with van der Waals surface area (Å²) in [7, 11) is -4.64. The molecule has 2 atom stereocenters. The summed E-state index contributed by atoms with van der Waals surface area (Å²) < 4.78 is 15.3. The molecule has 2 unspecified atom stereocenters. The van der Waals surface area contributed by atoms with Crippen molar-refractivity contribution in [2.45, 2.75) is 182 Å². The Morgan fingerprint density at radius 2 is 0.692 bits per heavy atom. The molecular weight excluding hydrogens is 518 g/mol. The van der Waals surface area contributed by atoms with Gasteiger partial charge in [-0.05, 0) is 37.5 Å². The van der Waals surface area contributed by atoms with Crippen molar-refractivity contribution in [3.05, 3.63) is 0 Å². The van der Waals surface area contributed by atoms with E-state index >= 15 is 0 Å². The molecule has 234 valence electrons. The summed E-state index contributed by atoms with van der Waals surface area (Å²) in [6.45, 7) is 11.3. The van der Waals surface area contributed by atoms with Crippen LogP contribution in [-0.2, 0) is 9.30 Å². The van der Waals surface area contributed by atoms with Crippen molar-refractivity contribution in [2.24, 2.45) is 11.8 Å². The third-order valence-corrected chi connectivity index (χ3v) is 7.57. The van der Waals surface area contributed by atoms with E-state index in [0.717, 1.165) is 25.0 Å². The molecule has 0 fully saturated rings. The monoisotopic (exact) mass is 588 g/mol. The fourth-order valence-corrected chi connectivity index (χ4v) is 5.17. The average molecular weight is 589 g/mol. The van der Waals surface area contributed by atoms with Crippen LogP contribution in [0.4, 0.5) is 0 Å². The minimum Gasteiger partial charge on any atom is -1.00 e. The summed E-state index contributed by atoms with van der Waals surface area (Å²) in [5, 5.41) is 0. The SMILES string of the molecule is CCCCCCCCC(CCCCCC)COCC(CCCCCC)CCCCCCCC.O=P(O)(O)O.[H-].[Na+]. The molecule has 0 rings (SSSR count). The van der Waals surface area contributed by atoms with Gasteiger partial charge < -0.3 is 20.8 Å². The predicted octanol–water partition coefficient (Wildman–Crippen LogP) is 7.87. The Morgan fingerprint density at radius 3 is 0.949 bits per heavy atom. The van der Waals surface area contributed by atoms with E-state index in [4.69, 9.17) is 24.0 Å². The van der Waals surface area contributed by atoms with Gasteiger partial charge in [-0.2, -0.15) is 0 Å². The van der Waals surface area contributed by atoms with E-state index in [1.54, 1.807) is 0 Å². The number of ether oxygens (including phenoxy) is 1. The predicted molar refractivity (Wildman–Crippen MR) is 167 cm³/mol. The maximum atomic E-state index is 8.88. The molecule has 0 spiro atoms. The first-order valence-electron chi connectivity index (χ1n) is 16.6. The Balaban J connectivity index is -0.000000843. The Hall–Kier alpha value is 1.07. The summed E-state index contributed by atoms with van der Waals surface area (Å²) >= 11 is 0. The summed E-state index contributed by atoms with van der Waals surface area (Å²) in [5.41, 5.74) is 0. The Labute approximate surface area is 268 Å². The normalized spacial score (nSPS) is 12.9.